The smallest absolute Gasteiger partial charge is 0.146 e. The Kier molecular flexibility index (Phi) is 2.42. The summed E-state index contributed by atoms with van der Waals surface area (Å²) in [6, 6.07) is 5.53. The van der Waals surface area contributed by atoms with Gasteiger partial charge in [-0.2, -0.15) is 0 Å². The zero-order valence-electron chi connectivity index (χ0n) is 8.33. The predicted octanol–water partition coefficient (Wildman–Crippen LogP) is 1.67. The summed E-state index contributed by atoms with van der Waals surface area (Å²) in [4.78, 5) is 2.01. The molecular weight excluding hydrogens is 179 g/mol. The maximum Gasteiger partial charge on any atom is 0.146 e. The highest BCUT2D eigenvalue weighted by Crippen LogP contribution is 2.23. The van der Waals surface area contributed by atoms with Crippen LogP contribution in [0.4, 0.5) is 10.1 Å². The third-order valence-corrected chi connectivity index (χ3v) is 2.67. The van der Waals surface area contributed by atoms with Crippen molar-refractivity contribution in [1.29, 1.82) is 0 Å². The molecule has 2 nitrogen and oxygen atoms in total. The second-order valence-electron chi connectivity index (χ2n) is 3.95. The van der Waals surface area contributed by atoms with Crippen molar-refractivity contribution in [3.05, 3.63) is 29.6 Å². The van der Waals surface area contributed by atoms with Gasteiger partial charge in [-0.15, -0.1) is 0 Å². The number of aryl methyl sites for hydroxylation is 1. The second kappa shape index (κ2) is 3.58. The molecule has 1 aliphatic rings. The average Bonchev–Trinajstić information content (AvgIpc) is 2.51. The summed E-state index contributed by atoms with van der Waals surface area (Å²) in [5.74, 6) is -0.140. The van der Waals surface area contributed by atoms with Gasteiger partial charge >= 0.3 is 0 Å². The van der Waals surface area contributed by atoms with Gasteiger partial charge in [0.1, 0.15) is 5.82 Å². The van der Waals surface area contributed by atoms with Crippen LogP contribution in [0, 0.1) is 12.7 Å². The molecule has 1 aliphatic heterocycles. The Morgan fingerprint density at radius 3 is 2.86 bits per heavy atom. The lowest BCUT2D eigenvalue weighted by Gasteiger charge is -2.18. The molecule has 0 spiro atoms. The van der Waals surface area contributed by atoms with E-state index in [1.54, 1.807) is 6.07 Å². The van der Waals surface area contributed by atoms with Crippen LogP contribution in [0.25, 0.3) is 0 Å². The van der Waals surface area contributed by atoms with Gasteiger partial charge < -0.3 is 10.6 Å². The highest BCUT2D eigenvalue weighted by Gasteiger charge is 2.21. The van der Waals surface area contributed by atoms with E-state index in [-0.39, 0.29) is 11.9 Å². The fraction of sp³-hybridized carbons (Fsp3) is 0.455. The van der Waals surface area contributed by atoms with E-state index in [1.165, 1.54) is 0 Å². The lowest BCUT2D eigenvalue weighted by atomic mass is 10.2. The van der Waals surface area contributed by atoms with Crippen molar-refractivity contribution in [3.8, 4) is 0 Å². The van der Waals surface area contributed by atoms with E-state index < -0.39 is 0 Å². The van der Waals surface area contributed by atoms with Crippen molar-refractivity contribution in [1.82, 2.24) is 0 Å². The summed E-state index contributed by atoms with van der Waals surface area (Å²) in [6.07, 6.45) is 0.952. The molecule has 1 fully saturated rings. The largest absolute Gasteiger partial charge is 0.368 e. The van der Waals surface area contributed by atoms with E-state index in [0.717, 1.165) is 25.1 Å². The van der Waals surface area contributed by atoms with Gasteiger partial charge in [-0.05, 0) is 31.0 Å². The minimum Gasteiger partial charge on any atom is -0.368 e. The van der Waals surface area contributed by atoms with Crippen molar-refractivity contribution < 1.29 is 4.39 Å². The van der Waals surface area contributed by atoms with Crippen LogP contribution < -0.4 is 10.6 Å². The van der Waals surface area contributed by atoms with E-state index >= 15 is 0 Å². The van der Waals surface area contributed by atoms with Crippen molar-refractivity contribution in [2.24, 2.45) is 5.73 Å². The summed E-state index contributed by atoms with van der Waals surface area (Å²) in [5, 5.41) is 0. The van der Waals surface area contributed by atoms with Crippen LogP contribution in [-0.2, 0) is 0 Å². The Hall–Kier alpha value is -1.09. The quantitative estimate of drug-likeness (QED) is 0.737. The van der Waals surface area contributed by atoms with Crippen LogP contribution >= 0.6 is 0 Å². The maximum atomic E-state index is 13.5. The Morgan fingerprint density at radius 2 is 2.29 bits per heavy atom. The molecule has 1 aromatic rings. The van der Waals surface area contributed by atoms with Crippen molar-refractivity contribution in [2.45, 2.75) is 19.4 Å². The zero-order valence-corrected chi connectivity index (χ0v) is 8.33. The molecule has 0 amide bonds. The molecule has 2 rings (SSSR count). The molecule has 1 saturated heterocycles. The topological polar surface area (TPSA) is 29.3 Å². The highest BCUT2D eigenvalue weighted by atomic mass is 19.1. The normalized spacial score (nSPS) is 21.6. The first-order valence-electron chi connectivity index (χ1n) is 4.93. The van der Waals surface area contributed by atoms with Crippen LogP contribution in [0.2, 0.25) is 0 Å². The number of benzene rings is 1. The standard InChI is InChI=1S/C11H15FN2/c1-8-2-3-11(10(12)6-8)14-5-4-9(13)7-14/h2-3,6,9H,4-5,7,13H2,1H3. The summed E-state index contributed by atoms with van der Waals surface area (Å²) in [5.41, 5.74) is 7.42. The van der Waals surface area contributed by atoms with E-state index in [1.807, 2.05) is 24.0 Å². The molecule has 76 valence electrons. The molecule has 0 bridgehead atoms. The molecule has 1 aromatic carbocycles. The fourth-order valence-electron chi connectivity index (χ4n) is 1.87. The molecular formula is C11H15FN2. The first-order chi connectivity index (χ1) is 6.66. The van der Waals surface area contributed by atoms with Gasteiger partial charge in [-0.3, -0.25) is 0 Å². The predicted molar refractivity (Wildman–Crippen MR) is 55.9 cm³/mol. The Balaban J connectivity index is 2.24. The van der Waals surface area contributed by atoms with Gasteiger partial charge in [0.05, 0.1) is 5.69 Å². The molecule has 0 aliphatic carbocycles. The molecule has 3 heteroatoms. The number of hydrogen-bond acceptors (Lipinski definition) is 2. The summed E-state index contributed by atoms with van der Waals surface area (Å²) in [6.45, 7) is 3.52. The van der Waals surface area contributed by atoms with Crippen LogP contribution in [0.15, 0.2) is 18.2 Å². The van der Waals surface area contributed by atoms with Gasteiger partial charge in [-0.25, -0.2) is 4.39 Å². The van der Waals surface area contributed by atoms with Crippen molar-refractivity contribution in [2.75, 3.05) is 18.0 Å². The van der Waals surface area contributed by atoms with E-state index in [4.69, 9.17) is 5.73 Å². The van der Waals surface area contributed by atoms with Crippen LogP contribution in [0.1, 0.15) is 12.0 Å². The average molecular weight is 194 g/mol. The van der Waals surface area contributed by atoms with Crippen LogP contribution in [0.5, 0.6) is 0 Å². The fourth-order valence-corrected chi connectivity index (χ4v) is 1.87. The van der Waals surface area contributed by atoms with Gasteiger partial charge in [0.15, 0.2) is 0 Å². The van der Waals surface area contributed by atoms with Gasteiger partial charge in [0, 0.05) is 19.1 Å². The molecule has 14 heavy (non-hydrogen) atoms. The number of nitrogens with two attached hydrogens (primary N) is 1. The van der Waals surface area contributed by atoms with E-state index in [2.05, 4.69) is 0 Å². The first-order valence-corrected chi connectivity index (χ1v) is 4.93. The van der Waals surface area contributed by atoms with E-state index in [0.29, 0.717) is 5.69 Å². The SMILES string of the molecule is Cc1ccc(N2CCC(N)C2)c(F)c1. The monoisotopic (exact) mass is 194 g/mol. The third kappa shape index (κ3) is 1.73. The van der Waals surface area contributed by atoms with Gasteiger partial charge in [0.25, 0.3) is 0 Å². The van der Waals surface area contributed by atoms with Crippen LogP contribution in [-0.4, -0.2) is 19.1 Å². The number of rotatable bonds is 1. The molecule has 1 unspecified atom stereocenters. The molecule has 1 heterocycles. The van der Waals surface area contributed by atoms with Crippen LogP contribution in [0.3, 0.4) is 0 Å². The summed E-state index contributed by atoms with van der Waals surface area (Å²) in [7, 11) is 0. The molecule has 1 atom stereocenters. The second-order valence-corrected chi connectivity index (χ2v) is 3.95. The zero-order chi connectivity index (χ0) is 10.1. The molecule has 0 saturated carbocycles. The highest BCUT2D eigenvalue weighted by molar-refractivity contribution is 5.50. The number of nitrogens with zero attached hydrogens (tertiary/aromatic N) is 1. The van der Waals surface area contributed by atoms with Crippen molar-refractivity contribution in [3.63, 3.8) is 0 Å². The lowest BCUT2D eigenvalue weighted by molar-refractivity contribution is 0.621. The lowest BCUT2D eigenvalue weighted by Crippen LogP contribution is -2.26. The molecule has 2 N–H and O–H groups in total. The van der Waals surface area contributed by atoms with Gasteiger partial charge in [-0.1, -0.05) is 6.07 Å². The Labute approximate surface area is 83.5 Å². The minimum absolute atomic E-state index is 0.140. The Morgan fingerprint density at radius 1 is 1.50 bits per heavy atom. The summed E-state index contributed by atoms with van der Waals surface area (Å²) < 4.78 is 13.5. The number of hydrogen-bond donors (Lipinski definition) is 1. The minimum atomic E-state index is -0.140. The number of anilines is 1. The molecule has 0 radical (unpaired) electrons. The Bertz CT molecular complexity index is 338. The van der Waals surface area contributed by atoms with Crippen molar-refractivity contribution >= 4 is 5.69 Å². The number of halogens is 1. The van der Waals surface area contributed by atoms with E-state index in [9.17, 15) is 4.39 Å². The maximum absolute atomic E-state index is 13.5. The third-order valence-electron chi connectivity index (χ3n) is 2.67. The first kappa shape index (κ1) is 9.46. The van der Waals surface area contributed by atoms with Gasteiger partial charge in [0.2, 0.25) is 0 Å². The molecule has 0 aromatic heterocycles. The summed E-state index contributed by atoms with van der Waals surface area (Å²) >= 11 is 0.